The van der Waals surface area contributed by atoms with Crippen molar-refractivity contribution in [3.63, 3.8) is 0 Å². The van der Waals surface area contributed by atoms with Gasteiger partial charge in [-0.15, -0.1) is 0 Å². The van der Waals surface area contributed by atoms with E-state index >= 15 is 0 Å². The maximum absolute atomic E-state index is 13.3. The number of para-hydroxylation sites is 2. The average molecular weight is 498 g/mol. The maximum Gasteiger partial charge on any atom is 0.336 e. The van der Waals surface area contributed by atoms with Gasteiger partial charge in [0.25, 0.3) is 11.8 Å². The highest BCUT2D eigenvalue weighted by molar-refractivity contribution is 6.42. The number of carbonyl (C=O) groups excluding carboxylic acids is 3. The number of ether oxygens (including phenoxy) is 1. The monoisotopic (exact) mass is 497 g/mol. The summed E-state index contributed by atoms with van der Waals surface area (Å²) in [6, 6.07) is 13.0. The highest BCUT2D eigenvalue weighted by atomic mass is 35.5. The number of halogens is 2. The number of carbonyl (C=O) groups is 3. The molecule has 1 fully saturated rings. The molecule has 174 valence electrons. The first-order chi connectivity index (χ1) is 16.2. The summed E-state index contributed by atoms with van der Waals surface area (Å²) < 4.78 is 7.51. The molecule has 7 nitrogen and oxygen atoms in total. The summed E-state index contributed by atoms with van der Waals surface area (Å²) >= 11 is 12.2. The molecule has 9 heteroatoms. The van der Waals surface area contributed by atoms with E-state index in [0.717, 1.165) is 22.0 Å². The quantitative estimate of drug-likeness (QED) is 0.374. The van der Waals surface area contributed by atoms with Crippen LogP contribution in [0.15, 0.2) is 54.1 Å². The van der Waals surface area contributed by atoms with Crippen LogP contribution in [0.5, 0.6) is 5.75 Å². The number of hydrogen-bond donors (Lipinski definition) is 1. The summed E-state index contributed by atoms with van der Waals surface area (Å²) in [4.78, 5) is 39.5. The summed E-state index contributed by atoms with van der Waals surface area (Å²) in [6.07, 6.45) is 1.48. The van der Waals surface area contributed by atoms with E-state index in [2.05, 4.69) is 5.32 Å². The lowest BCUT2D eigenvalue weighted by Gasteiger charge is -2.27. The van der Waals surface area contributed by atoms with Crippen LogP contribution in [0.3, 0.4) is 0 Å². The maximum atomic E-state index is 13.3. The van der Waals surface area contributed by atoms with Crippen LogP contribution in [0.2, 0.25) is 10.0 Å². The molecule has 1 aliphatic rings. The van der Waals surface area contributed by atoms with Gasteiger partial charge in [-0.2, -0.15) is 0 Å². The molecule has 0 spiro atoms. The molecule has 3 aromatic rings. The van der Waals surface area contributed by atoms with Gasteiger partial charge in [0.15, 0.2) is 0 Å². The van der Waals surface area contributed by atoms with Crippen LogP contribution in [0.4, 0.5) is 10.5 Å². The minimum Gasteiger partial charge on any atom is -0.492 e. The number of nitrogens with zero attached hydrogens (tertiary/aromatic N) is 2. The number of urea groups is 1. The Bertz CT molecular complexity index is 1360. The molecule has 4 rings (SSSR count). The summed E-state index contributed by atoms with van der Waals surface area (Å²) in [5, 5.41) is 3.10. The molecule has 2 heterocycles. The number of nitrogens with one attached hydrogen (secondary N) is 1. The van der Waals surface area contributed by atoms with Crippen molar-refractivity contribution in [1.82, 2.24) is 9.88 Å². The number of aromatic nitrogens is 1. The summed E-state index contributed by atoms with van der Waals surface area (Å²) in [5.74, 6) is -1.14. The molecule has 0 bridgehead atoms. The van der Waals surface area contributed by atoms with E-state index < -0.39 is 17.8 Å². The molecule has 0 saturated carbocycles. The number of anilines is 1. The van der Waals surface area contributed by atoms with Gasteiger partial charge in [0.05, 0.1) is 22.3 Å². The van der Waals surface area contributed by atoms with Gasteiger partial charge in [0.1, 0.15) is 11.3 Å². The SMILES string of the molecule is CCOc1ccccc1N1C(=O)NC(=O)/C(=C/c2cc(C)n(-c3ccc(Cl)c(Cl)c3)c2C)C1=O. The van der Waals surface area contributed by atoms with Crippen LogP contribution < -0.4 is 15.0 Å². The third-order valence-electron chi connectivity index (χ3n) is 5.44. The molecule has 2 aromatic carbocycles. The molecule has 0 radical (unpaired) electrons. The Labute approximate surface area is 206 Å². The topological polar surface area (TPSA) is 80.6 Å². The van der Waals surface area contributed by atoms with Crippen molar-refractivity contribution in [2.45, 2.75) is 20.8 Å². The molecule has 0 atom stereocenters. The second kappa shape index (κ2) is 9.37. The van der Waals surface area contributed by atoms with E-state index in [1.54, 1.807) is 43.3 Å². The van der Waals surface area contributed by atoms with Crippen molar-refractivity contribution in [2.75, 3.05) is 11.5 Å². The van der Waals surface area contributed by atoms with Crippen molar-refractivity contribution in [1.29, 1.82) is 0 Å². The van der Waals surface area contributed by atoms with E-state index in [1.165, 1.54) is 6.08 Å². The average Bonchev–Trinajstić information content (AvgIpc) is 3.07. The Morgan fingerprint density at radius 1 is 1.00 bits per heavy atom. The molecular formula is C25H21Cl2N3O4. The number of aryl methyl sites for hydroxylation is 1. The zero-order valence-electron chi connectivity index (χ0n) is 18.7. The summed E-state index contributed by atoms with van der Waals surface area (Å²) in [7, 11) is 0. The van der Waals surface area contributed by atoms with Crippen LogP contribution >= 0.6 is 23.2 Å². The molecule has 34 heavy (non-hydrogen) atoms. The molecule has 0 unspecified atom stereocenters. The predicted molar refractivity (Wildman–Crippen MR) is 132 cm³/mol. The zero-order valence-corrected chi connectivity index (χ0v) is 20.2. The first kappa shape index (κ1) is 23.6. The molecule has 0 aliphatic carbocycles. The Balaban J connectivity index is 1.77. The molecule has 1 aliphatic heterocycles. The molecule has 1 N–H and O–H groups in total. The predicted octanol–water partition coefficient (Wildman–Crippen LogP) is 5.47. The van der Waals surface area contributed by atoms with Crippen molar-refractivity contribution in [3.8, 4) is 11.4 Å². The summed E-state index contributed by atoms with van der Waals surface area (Å²) in [6.45, 7) is 5.91. The molecule has 1 saturated heterocycles. The van der Waals surface area contributed by atoms with Crippen molar-refractivity contribution < 1.29 is 19.1 Å². The van der Waals surface area contributed by atoms with Gasteiger partial charge in [0.2, 0.25) is 0 Å². The number of barbiturate groups is 1. The Hall–Kier alpha value is -3.55. The van der Waals surface area contributed by atoms with Crippen LogP contribution in [0.1, 0.15) is 23.9 Å². The van der Waals surface area contributed by atoms with E-state index in [9.17, 15) is 14.4 Å². The van der Waals surface area contributed by atoms with Crippen LogP contribution in [0.25, 0.3) is 11.8 Å². The fraction of sp³-hybridized carbons (Fsp3) is 0.160. The summed E-state index contributed by atoms with van der Waals surface area (Å²) in [5.41, 5.74) is 3.17. The lowest BCUT2D eigenvalue weighted by molar-refractivity contribution is -0.122. The van der Waals surface area contributed by atoms with Crippen molar-refractivity contribution in [3.05, 3.63) is 81.1 Å². The molecule has 4 amide bonds. The Morgan fingerprint density at radius 2 is 1.74 bits per heavy atom. The second-order valence-corrected chi connectivity index (χ2v) is 8.43. The number of amides is 4. The number of imide groups is 2. The van der Waals surface area contributed by atoms with E-state index in [4.69, 9.17) is 27.9 Å². The van der Waals surface area contributed by atoms with Crippen LogP contribution in [-0.2, 0) is 9.59 Å². The van der Waals surface area contributed by atoms with Gasteiger partial charge in [-0.25, -0.2) is 9.69 Å². The third-order valence-corrected chi connectivity index (χ3v) is 6.18. The highest BCUT2D eigenvalue weighted by Gasteiger charge is 2.38. The van der Waals surface area contributed by atoms with Gasteiger partial charge in [0, 0.05) is 17.1 Å². The largest absolute Gasteiger partial charge is 0.492 e. The van der Waals surface area contributed by atoms with E-state index in [-0.39, 0.29) is 11.3 Å². The van der Waals surface area contributed by atoms with Crippen molar-refractivity contribution in [2.24, 2.45) is 0 Å². The number of hydrogen-bond acceptors (Lipinski definition) is 4. The minimum atomic E-state index is -0.833. The normalized spacial score (nSPS) is 15.1. The van der Waals surface area contributed by atoms with Gasteiger partial charge >= 0.3 is 6.03 Å². The second-order valence-electron chi connectivity index (χ2n) is 7.62. The van der Waals surface area contributed by atoms with Crippen LogP contribution in [-0.4, -0.2) is 29.0 Å². The lowest BCUT2D eigenvalue weighted by Crippen LogP contribution is -2.54. The van der Waals surface area contributed by atoms with Crippen molar-refractivity contribution >= 4 is 52.8 Å². The fourth-order valence-corrected chi connectivity index (χ4v) is 4.20. The van der Waals surface area contributed by atoms with Crippen LogP contribution in [0, 0.1) is 13.8 Å². The minimum absolute atomic E-state index is 0.166. The lowest BCUT2D eigenvalue weighted by atomic mass is 10.1. The van der Waals surface area contributed by atoms with E-state index in [0.29, 0.717) is 28.0 Å². The number of rotatable bonds is 5. The Morgan fingerprint density at radius 3 is 2.44 bits per heavy atom. The van der Waals surface area contributed by atoms with Gasteiger partial charge in [-0.3, -0.25) is 14.9 Å². The third kappa shape index (κ3) is 4.20. The van der Waals surface area contributed by atoms with Gasteiger partial charge in [-0.1, -0.05) is 35.3 Å². The fourth-order valence-electron chi connectivity index (χ4n) is 3.91. The smallest absolute Gasteiger partial charge is 0.336 e. The molecular weight excluding hydrogens is 477 g/mol. The van der Waals surface area contributed by atoms with E-state index in [1.807, 2.05) is 30.5 Å². The standard InChI is InChI=1S/C25H21Cl2N3O4/c1-4-34-22-8-6-5-7-21(22)30-24(32)18(23(31)28-25(30)33)12-16-11-14(2)29(15(16)3)17-9-10-19(26)20(27)13-17/h5-13H,4H2,1-3H3,(H,28,31,33)/b18-12-. The zero-order chi connectivity index (χ0) is 24.6. The molecule has 1 aromatic heterocycles. The highest BCUT2D eigenvalue weighted by Crippen LogP contribution is 2.32. The number of benzene rings is 2. The first-order valence-corrected chi connectivity index (χ1v) is 11.3. The van der Waals surface area contributed by atoms with Gasteiger partial charge < -0.3 is 9.30 Å². The first-order valence-electron chi connectivity index (χ1n) is 10.5. The van der Waals surface area contributed by atoms with Gasteiger partial charge in [-0.05, 0) is 68.8 Å². The Kier molecular flexibility index (Phi) is 6.50.